The predicted molar refractivity (Wildman–Crippen MR) is 96.2 cm³/mol. The van der Waals surface area contributed by atoms with E-state index in [4.69, 9.17) is 16.0 Å². The average molecular weight is 362 g/mol. The zero-order valence-corrected chi connectivity index (χ0v) is 14.9. The number of rotatable bonds is 4. The number of benzene rings is 1. The summed E-state index contributed by atoms with van der Waals surface area (Å²) in [6.45, 7) is 3.37. The van der Waals surface area contributed by atoms with Crippen LogP contribution in [-0.4, -0.2) is 42.9 Å². The fourth-order valence-electron chi connectivity index (χ4n) is 2.94. The van der Waals surface area contributed by atoms with Gasteiger partial charge in [-0.1, -0.05) is 11.6 Å². The fraction of sp³-hybridized carbons (Fsp3) is 0.333. The molecule has 1 aromatic heterocycles. The minimum Gasteiger partial charge on any atom is -0.469 e. The second kappa shape index (κ2) is 7.29. The van der Waals surface area contributed by atoms with Crippen LogP contribution < -0.4 is 10.6 Å². The van der Waals surface area contributed by atoms with E-state index in [1.54, 1.807) is 43.1 Å². The van der Waals surface area contributed by atoms with Crippen molar-refractivity contribution in [2.45, 2.75) is 19.4 Å². The van der Waals surface area contributed by atoms with Crippen LogP contribution in [0.2, 0.25) is 5.02 Å². The van der Waals surface area contributed by atoms with Crippen LogP contribution >= 0.6 is 11.6 Å². The molecule has 6 nitrogen and oxygen atoms in total. The Morgan fingerprint density at radius 2 is 2.12 bits per heavy atom. The van der Waals surface area contributed by atoms with Gasteiger partial charge >= 0.3 is 0 Å². The van der Waals surface area contributed by atoms with Crippen LogP contribution in [0.25, 0.3) is 0 Å². The highest BCUT2D eigenvalue weighted by atomic mass is 35.5. The van der Waals surface area contributed by atoms with E-state index in [-0.39, 0.29) is 17.9 Å². The Kier molecular flexibility index (Phi) is 5.11. The minimum absolute atomic E-state index is 0.142. The van der Waals surface area contributed by atoms with E-state index in [1.807, 2.05) is 0 Å². The highest BCUT2D eigenvalue weighted by Gasteiger charge is 2.26. The molecule has 1 aliphatic rings. The third-order valence-electron chi connectivity index (χ3n) is 4.47. The van der Waals surface area contributed by atoms with Gasteiger partial charge in [0.15, 0.2) is 0 Å². The molecule has 25 heavy (non-hydrogen) atoms. The number of aryl methyl sites for hydroxylation is 1. The Balaban J connectivity index is 1.86. The number of hydrogen-bond acceptors (Lipinski definition) is 4. The minimum atomic E-state index is -0.340. The molecule has 2 amide bonds. The molecule has 2 N–H and O–H groups in total. The van der Waals surface area contributed by atoms with Crippen molar-refractivity contribution in [3.05, 3.63) is 52.4 Å². The summed E-state index contributed by atoms with van der Waals surface area (Å²) in [6, 6.07) is 6.61. The molecule has 1 atom stereocenters. The zero-order valence-electron chi connectivity index (χ0n) is 14.1. The van der Waals surface area contributed by atoms with Crippen LogP contribution in [0, 0.1) is 6.92 Å². The second-order valence-electron chi connectivity index (χ2n) is 6.10. The van der Waals surface area contributed by atoms with E-state index < -0.39 is 0 Å². The maximum atomic E-state index is 12.9. The molecule has 0 radical (unpaired) electrons. The molecule has 0 spiro atoms. The molecule has 1 aliphatic heterocycles. The lowest BCUT2D eigenvalue weighted by atomic mass is 10.1. The normalized spacial score (nSPS) is 16.7. The van der Waals surface area contributed by atoms with Crippen molar-refractivity contribution in [3.8, 4) is 0 Å². The monoisotopic (exact) mass is 361 g/mol. The summed E-state index contributed by atoms with van der Waals surface area (Å²) in [6.07, 6.45) is 2.36. The fourth-order valence-corrected chi connectivity index (χ4v) is 3.11. The highest BCUT2D eigenvalue weighted by Crippen LogP contribution is 2.25. The maximum absolute atomic E-state index is 12.9. The van der Waals surface area contributed by atoms with Gasteiger partial charge < -0.3 is 20.0 Å². The van der Waals surface area contributed by atoms with E-state index in [1.165, 1.54) is 6.26 Å². The maximum Gasteiger partial charge on any atom is 0.259 e. The molecule has 1 fully saturated rings. The van der Waals surface area contributed by atoms with E-state index in [0.717, 1.165) is 19.5 Å². The van der Waals surface area contributed by atoms with Crippen molar-refractivity contribution in [2.24, 2.45) is 0 Å². The Morgan fingerprint density at radius 3 is 2.76 bits per heavy atom. The number of nitrogens with one attached hydrogen (secondary N) is 2. The smallest absolute Gasteiger partial charge is 0.259 e. The molecule has 0 saturated carbocycles. The van der Waals surface area contributed by atoms with Crippen molar-refractivity contribution in [3.63, 3.8) is 0 Å². The molecule has 132 valence electrons. The van der Waals surface area contributed by atoms with Gasteiger partial charge in [-0.25, -0.2) is 0 Å². The summed E-state index contributed by atoms with van der Waals surface area (Å²) in [7, 11) is 1.78. The van der Waals surface area contributed by atoms with E-state index in [2.05, 4.69) is 10.6 Å². The van der Waals surface area contributed by atoms with E-state index in [0.29, 0.717) is 27.6 Å². The lowest BCUT2D eigenvalue weighted by Crippen LogP contribution is -2.38. The molecule has 2 heterocycles. The number of hydrogen-bond donors (Lipinski definition) is 2. The topological polar surface area (TPSA) is 74.6 Å². The van der Waals surface area contributed by atoms with Gasteiger partial charge in [-0.3, -0.25) is 9.59 Å². The number of halogens is 1. The number of anilines is 1. The number of likely N-dealkylation sites (N-methyl/N-ethyl adjacent to an activating group) is 1. The van der Waals surface area contributed by atoms with Gasteiger partial charge in [-0.15, -0.1) is 0 Å². The molecule has 0 aliphatic carbocycles. The number of amides is 2. The second-order valence-corrected chi connectivity index (χ2v) is 6.53. The van der Waals surface area contributed by atoms with Gasteiger partial charge in [0.25, 0.3) is 11.8 Å². The van der Waals surface area contributed by atoms with Crippen LogP contribution in [0.1, 0.15) is 32.9 Å². The van der Waals surface area contributed by atoms with Gasteiger partial charge in [0.1, 0.15) is 5.76 Å². The Morgan fingerprint density at radius 1 is 1.32 bits per heavy atom. The summed E-state index contributed by atoms with van der Waals surface area (Å²) >= 11 is 6.06. The highest BCUT2D eigenvalue weighted by molar-refractivity contribution is 6.31. The summed E-state index contributed by atoms with van der Waals surface area (Å²) in [5.41, 5.74) is 1.22. The zero-order chi connectivity index (χ0) is 18.0. The number of nitrogens with zero attached hydrogens (tertiary/aromatic N) is 1. The standard InChI is InChI=1S/C18H20ClN3O3/c1-11-14(6-8-25-11)17(23)21-16-9-12(19)3-4-15(16)18(24)22(2)13-5-7-20-10-13/h3-4,6,8-9,13,20H,5,7,10H2,1-2H3,(H,21,23). The molecule has 1 unspecified atom stereocenters. The number of furan rings is 1. The van der Waals surface area contributed by atoms with Crippen molar-refractivity contribution < 1.29 is 14.0 Å². The van der Waals surface area contributed by atoms with E-state index in [9.17, 15) is 9.59 Å². The summed E-state index contributed by atoms with van der Waals surface area (Å²) in [5.74, 6) is 0.0267. The molecule has 7 heteroatoms. The number of carbonyl (C=O) groups is 2. The lowest BCUT2D eigenvalue weighted by Gasteiger charge is -2.25. The average Bonchev–Trinajstić information content (AvgIpc) is 3.25. The molecular weight excluding hydrogens is 342 g/mol. The van der Waals surface area contributed by atoms with Crippen molar-refractivity contribution in [1.29, 1.82) is 0 Å². The molecule has 2 aromatic rings. The summed E-state index contributed by atoms with van der Waals surface area (Å²) in [5, 5.41) is 6.46. The molecule has 3 rings (SSSR count). The summed E-state index contributed by atoms with van der Waals surface area (Å²) in [4.78, 5) is 27.1. The van der Waals surface area contributed by atoms with Crippen molar-refractivity contribution in [1.82, 2.24) is 10.2 Å². The van der Waals surface area contributed by atoms with Crippen LogP contribution in [0.15, 0.2) is 34.9 Å². The first kappa shape index (κ1) is 17.5. The molecule has 0 bridgehead atoms. The molecule has 1 aromatic carbocycles. The summed E-state index contributed by atoms with van der Waals surface area (Å²) < 4.78 is 5.16. The SMILES string of the molecule is Cc1occc1C(=O)Nc1cc(Cl)ccc1C(=O)N(C)C1CCNC1. The predicted octanol–water partition coefficient (Wildman–Crippen LogP) is 2.93. The Bertz CT molecular complexity index is 797. The first-order valence-corrected chi connectivity index (χ1v) is 8.48. The van der Waals surface area contributed by atoms with Crippen molar-refractivity contribution in [2.75, 3.05) is 25.5 Å². The van der Waals surface area contributed by atoms with Gasteiger partial charge in [0.05, 0.1) is 23.1 Å². The van der Waals surface area contributed by atoms with Crippen LogP contribution in [0.4, 0.5) is 5.69 Å². The molecule has 1 saturated heterocycles. The Hall–Kier alpha value is -2.31. The largest absolute Gasteiger partial charge is 0.469 e. The van der Waals surface area contributed by atoms with Crippen LogP contribution in [0.3, 0.4) is 0 Å². The first-order chi connectivity index (χ1) is 12.0. The van der Waals surface area contributed by atoms with Gasteiger partial charge in [0, 0.05) is 24.7 Å². The third-order valence-corrected chi connectivity index (χ3v) is 4.70. The lowest BCUT2D eigenvalue weighted by molar-refractivity contribution is 0.0745. The van der Waals surface area contributed by atoms with E-state index >= 15 is 0 Å². The van der Waals surface area contributed by atoms with Crippen LogP contribution in [0.5, 0.6) is 0 Å². The quantitative estimate of drug-likeness (QED) is 0.878. The van der Waals surface area contributed by atoms with Gasteiger partial charge in [-0.2, -0.15) is 0 Å². The van der Waals surface area contributed by atoms with Crippen molar-refractivity contribution >= 4 is 29.1 Å². The van der Waals surface area contributed by atoms with Gasteiger partial charge in [0.2, 0.25) is 0 Å². The molecular formula is C18H20ClN3O3. The number of carbonyl (C=O) groups excluding carboxylic acids is 2. The van der Waals surface area contributed by atoms with Crippen LogP contribution in [-0.2, 0) is 0 Å². The first-order valence-electron chi connectivity index (χ1n) is 8.10. The Labute approximate surface area is 151 Å². The van der Waals surface area contributed by atoms with Gasteiger partial charge in [-0.05, 0) is 44.2 Å². The third kappa shape index (κ3) is 3.70.